The van der Waals surface area contributed by atoms with Crippen LogP contribution in [0, 0.1) is 6.92 Å². The molecule has 0 saturated carbocycles. The van der Waals surface area contributed by atoms with Crippen LogP contribution in [-0.4, -0.2) is 15.1 Å². The second-order valence-corrected chi connectivity index (χ2v) is 6.36. The summed E-state index contributed by atoms with van der Waals surface area (Å²) in [5.74, 6) is 0.630. The average Bonchev–Trinajstić information content (AvgIpc) is 3.04. The molecule has 2 heterocycles. The third kappa shape index (κ3) is 2.55. The minimum absolute atomic E-state index is 0.243. The molecule has 4 rings (SSSR count). The zero-order valence-electron chi connectivity index (χ0n) is 12.7. The van der Waals surface area contributed by atoms with Crippen LogP contribution in [-0.2, 0) is 0 Å². The van der Waals surface area contributed by atoms with Crippen molar-refractivity contribution in [2.24, 2.45) is 0 Å². The van der Waals surface area contributed by atoms with Crippen molar-refractivity contribution in [2.45, 2.75) is 6.92 Å². The van der Waals surface area contributed by atoms with Gasteiger partial charge in [-0.1, -0.05) is 29.4 Å². The van der Waals surface area contributed by atoms with Crippen LogP contribution in [0.1, 0.15) is 5.56 Å². The number of nitrogens with one attached hydrogen (secondary N) is 1. The molecule has 2 aromatic carbocycles. The lowest BCUT2D eigenvalue weighted by Gasteiger charge is -2.01. The van der Waals surface area contributed by atoms with Gasteiger partial charge in [0.15, 0.2) is 0 Å². The van der Waals surface area contributed by atoms with E-state index in [1.807, 2.05) is 49.4 Å². The van der Waals surface area contributed by atoms with Crippen molar-refractivity contribution in [3.63, 3.8) is 0 Å². The molecule has 0 aliphatic rings. The number of benzene rings is 2. The minimum atomic E-state index is -0.243. The van der Waals surface area contributed by atoms with Gasteiger partial charge in [0.2, 0.25) is 5.82 Å². The maximum Gasteiger partial charge on any atom is 0.259 e. The molecule has 0 aliphatic carbocycles. The highest BCUT2D eigenvalue weighted by molar-refractivity contribution is 9.10. The average molecular weight is 382 g/mol. The summed E-state index contributed by atoms with van der Waals surface area (Å²) in [6, 6.07) is 15.2. The molecule has 5 nitrogen and oxygen atoms in total. The molecular weight excluding hydrogens is 370 g/mol. The standard InChI is InChI=1S/C18H12BrN3O2/c1-10-6-7-11-9-13(17(23)20-15(11)8-10)16-21-18(24-22-16)12-4-2-3-5-14(12)19/h2-9H,1H3,(H,20,23). The first-order chi connectivity index (χ1) is 11.6. The van der Waals surface area contributed by atoms with Gasteiger partial charge in [-0.05, 0) is 58.1 Å². The Morgan fingerprint density at radius 3 is 2.75 bits per heavy atom. The summed E-state index contributed by atoms with van der Waals surface area (Å²) in [6.07, 6.45) is 0. The van der Waals surface area contributed by atoms with Crippen LogP contribution in [0.5, 0.6) is 0 Å². The van der Waals surface area contributed by atoms with E-state index in [2.05, 4.69) is 31.1 Å². The van der Waals surface area contributed by atoms with Crippen LogP contribution in [0.2, 0.25) is 0 Å². The van der Waals surface area contributed by atoms with Crippen molar-refractivity contribution in [1.82, 2.24) is 15.1 Å². The van der Waals surface area contributed by atoms with Gasteiger partial charge in [0, 0.05) is 9.99 Å². The monoisotopic (exact) mass is 381 g/mol. The van der Waals surface area contributed by atoms with Gasteiger partial charge in [0.25, 0.3) is 11.4 Å². The Kier molecular flexibility index (Phi) is 3.54. The summed E-state index contributed by atoms with van der Waals surface area (Å²) in [4.78, 5) is 19.6. The van der Waals surface area contributed by atoms with Crippen LogP contribution >= 0.6 is 15.9 Å². The number of rotatable bonds is 2. The van der Waals surface area contributed by atoms with Crippen molar-refractivity contribution in [1.29, 1.82) is 0 Å². The molecule has 0 amide bonds. The summed E-state index contributed by atoms with van der Waals surface area (Å²) in [6.45, 7) is 1.98. The predicted octanol–water partition coefficient (Wildman–Crippen LogP) is 4.32. The predicted molar refractivity (Wildman–Crippen MR) is 95.7 cm³/mol. The Balaban J connectivity index is 1.84. The molecule has 1 N–H and O–H groups in total. The van der Waals surface area contributed by atoms with Gasteiger partial charge in [0.05, 0.1) is 11.1 Å². The topological polar surface area (TPSA) is 71.8 Å². The highest BCUT2D eigenvalue weighted by Gasteiger charge is 2.15. The number of halogens is 1. The fraction of sp³-hybridized carbons (Fsp3) is 0.0556. The molecule has 4 aromatic rings. The smallest absolute Gasteiger partial charge is 0.259 e. The van der Waals surface area contributed by atoms with Crippen molar-refractivity contribution in [2.75, 3.05) is 0 Å². The summed E-state index contributed by atoms with van der Waals surface area (Å²) >= 11 is 3.46. The molecule has 0 aliphatic heterocycles. The Morgan fingerprint density at radius 2 is 1.92 bits per heavy atom. The first kappa shape index (κ1) is 14.8. The quantitative estimate of drug-likeness (QED) is 0.561. The Hall–Kier alpha value is -2.73. The Bertz CT molecular complexity index is 1110. The minimum Gasteiger partial charge on any atom is -0.334 e. The second-order valence-electron chi connectivity index (χ2n) is 5.51. The fourth-order valence-corrected chi connectivity index (χ4v) is 3.01. The zero-order valence-corrected chi connectivity index (χ0v) is 14.3. The maximum atomic E-state index is 12.4. The third-order valence-electron chi connectivity index (χ3n) is 3.77. The van der Waals surface area contributed by atoms with Crippen molar-refractivity contribution in [3.05, 3.63) is 68.9 Å². The lowest BCUT2D eigenvalue weighted by Crippen LogP contribution is -2.09. The lowest BCUT2D eigenvalue weighted by atomic mass is 10.1. The van der Waals surface area contributed by atoms with E-state index >= 15 is 0 Å². The van der Waals surface area contributed by atoms with E-state index in [0.29, 0.717) is 11.5 Å². The van der Waals surface area contributed by atoms with Crippen LogP contribution < -0.4 is 5.56 Å². The van der Waals surface area contributed by atoms with Crippen LogP contribution in [0.3, 0.4) is 0 Å². The van der Waals surface area contributed by atoms with E-state index in [-0.39, 0.29) is 11.4 Å². The molecule has 0 atom stereocenters. The van der Waals surface area contributed by atoms with Crippen molar-refractivity contribution >= 4 is 26.8 Å². The molecule has 0 fully saturated rings. The number of nitrogens with zero attached hydrogens (tertiary/aromatic N) is 2. The molecule has 0 saturated heterocycles. The number of hydrogen-bond donors (Lipinski definition) is 1. The first-order valence-electron chi connectivity index (χ1n) is 7.34. The largest absolute Gasteiger partial charge is 0.334 e. The van der Waals surface area contributed by atoms with Crippen molar-refractivity contribution in [3.8, 4) is 22.8 Å². The SMILES string of the molecule is Cc1ccc2cc(-c3noc(-c4ccccc4Br)n3)c(=O)[nH]c2c1. The van der Waals surface area contributed by atoms with Crippen LogP contribution in [0.15, 0.2) is 62.3 Å². The van der Waals surface area contributed by atoms with Gasteiger partial charge in [-0.2, -0.15) is 4.98 Å². The lowest BCUT2D eigenvalue weighted by molar-refractivity contribution is 0.432. The summed E-state index contributed by atoms with van der Waals surface area (Å²) < 4.78 is 6.18. The summed E-state index contributed by atoms with van der Waals surface area (Å²) in [5.41, 5.74) is 2.80. The number of aromatic amines is 1. The molecule has 0 bridgehead atoms. The fourth-order valence-electron chi connectivity index (χ4n) is 2.56. The molecule has 6 heteroatoms. The number of H-pyrrole nitrogens is 1. The van der Waals surface area contributed by atoms with Crippen LogP contribution in [0.25, 0.3) is 33.7 Å². The normalized spacial score (nSPS) is 11.1. The van der Waals surface area contributed by atoms with Crippen molar-refractivity contribution < 1.29 is 4.52 Å². The van der Waals surface area contributed by atoms with Gasteiger partial charge in [-0.25, -0.2) is 0 Å². The number of fused-ring (bicyclic) bond motifs is 1. The zero-order chi connectivity index (χ0) is 16.7. The van der Waals surface area contributed by atoms with Gasteiger partial charge >= 0.3 is 0 Å². The van der Waals surface area contributed by atoms with E-state index in [1.165, 1.54) is 0 Å². The molecule has 0 radical (unpaired) electrons. The molecular formula is C18H12BrN3O2. The van der Waals surface area contributed by atoms with Gasteiger partial charge in [-0.15, -0.1) is 0 Å². The molecule has 0 spiro atoms. The number of aryl methyl sites for hydroxylation is 1. The van der Waals surface area contributed by atoms with Crippen LogP contribution in [0.4, 0.5) is 0 Å². The Morgan fingerprint density at radius 1 is 1.08 bits per heavy atom. The first-order valence-corrected chi connectivity index (χ1v) is 8.14. The number of pyridine rings is 1. The highest BCUT2D eigenvalue weighted by Crippen LogP contribution is 2.28. The highest BCUT2D eigenvalue weighted by atomic mass is 79.9. The Labute approximate surface area is 145 Å². The third-order valence-corrected chi connectivity index (χ3v) is 4.46. The van der Waals surface area contributed by atoms with Gasteiger partial charge < -0.3 is 9.51 Å². The second kappa shape index (κ2) is 5.72. The molecule has 0 unspecified atom stereocenters. The van der Waals surface area contributed by atoms with E-state index in [1.54, 1.807) is 6.07 Å². The maximum absolute atomic E-state index is 12.4. The molecule has 118 valence electrons. The summed E-state index contributed by atoms with van der Waals surface area (Å²) in [5, 5.41) is 4.88. The van der Waals surface area contributed by atoms with E-state index < -0.39 is 0 Å². The molecule has 2 aromatic heterocycles. The van der Waals surface area contributed by atoms with E-state index in [9.17, 15) is 4.79 Å². The van der Waals surface area contributed by atoms with E-state index in [4.69, 9.17) is 4.52 Å². The number of hydrogen-bond acceptors (Lipinski definition) is 4. The molecule has 24 heavy (non-hydrogen) atoms. The summed E-state index contributed by atoms with van der Waals surface area (Å²) in [7, 11) is 0. The van der Waals surface area contributed by atoms with E-state index in [0.717, 1.165) is 26.5 Å². The number of aromatic nitrogens is 3. The van der Waals surface area contributed by atoms with Gasteiger partial charge in [-0.3, -0.25) is 4.79 Å². The van der Waals surface area contributed by atoms with Gasteiger partial charge in [0.1, 0.15) is 0 Å².